The van der Waals surface area contributed by atoms with E-state index in [-0.39, 0.29) is 0 Å². The van der Waals surface area contributed by atoms with E-state index >= 15 is 0 Å². The smallest absolute Gasteiger partial charge is 0.191 e. The van der Waals surface area contributed by atoms with E-state index in [4.69, 9.17) is 4.74 Å². The minimum atomic E-state index is 0.557. The predicted molar refractivity (Wildman–Crippen MR) is 94.3 cm³/mol. The summed E-state index contributed by atoms with van der Waals surface area (Å²) in [6.07, 6.45) is 6.20. The molecular weight excluding hydrogens is 310 g/mol. The van der Waals surface area contributed by atoms with Gasteiger partial charge in [-0.2, -0.15) is 0 Å². The van der Waals surface area contributed by atoms with E-state index in [1.165, 1.54) is 4.88 Å². The van der Waals surface area contributed by atoms with E-state index in [0.717, 1.165) is 29.7 Å². The highest BCUT2D eigenvalue weighted by atomic mass is 32.1. The van der Waals surface area contributed by atoms with Gasteiger partial charge >= 0.3 is 0 Å². The van der Waals surface area contributed by atoms with E-state index in [9.17, 15) is 0 Å². The van der Waals surface area contributed by atoms with Gasteiger partial charge in [-0.15, -0.1) is 11.3 Å². The largest absolute Gasteiger partial charge is 0.490 e. The molecule has 0 aliphatic carbocycles. The van der Waals surface area contributed by atoms with Gasteiger partial charge < -0.3 is 15.4 Å². The molecule has 23 heavy (non-hydrogen) atoms. The molecule has 0 aliphatic heterocycles. The van der Waals surface area contributed by atoms with Gasteiger partial charge in [-0.25, -0.2) is 4.98 Å². The lowest BCUT2D eigenvalue weighted by Crippen LogP contribution is -2.39. The maximum absolute atomic E-state index is 5.59. The molecule has 124 valence electrons. The van der Waals surface area contributed by atoms with Crippen LogP contribution in [0.5, 0.6) is 5.75 Å². The Labute approximate surface area is 141 Å². The molecule has 0 atom stereocenters. The number of hydrogen-bond acceptors (Lipinski definition) is 5. The summed E-state index contributed by atoms with van der Waals surface area (Å²) in [7, 11) is 0. The molecule has 0 aliphatic rings. The van der Waals surface area contributed by atoms with Crippen molar-refractivity contribution in [1.29, 1.82) is 0 Å². The Morgan fingerprint density at radius 1 is 1.35 bits per heavy atom. The second-order valence-corrected chi connectivity index (χ2v) is 6.16. The number of nitrogens with one attached hydrogen (secondary N) is 2. The summed E-state index contributed by atoms with van der Waals surface area (Å²) in [5, 5.41) is 7.61. The van der Waals surface area contributed by atoms with Gasteiger partial charge in [0.05, 0.1) is 17.7 Å². The van der Waals surface area contributed by atoms with Crippen LogP contribution in [0.4, 0.5) is 0 Å². The Bertz CT molecular complexity index is 600. The Balaban J connectivity index is 1.70. The monoisotopic (exact) mass is 333 g/mol. The molecule has 0 spiro atoms. The first kappa shape index (κ1) is 17.2. The van der Waals surface area contributed by atoms with Gasteiger partial charge in [0.15, 0.2) is 5.96 Å². The normalized spacial score (nSPS) is 11.3. The number of hydrogen-bond donors (Lipinski definition) is 2. The van der Waals surface area contributed by atoms with Crippen molar-refractivity contribution in [3.8, 4) is 5.75 Å². The lowest BCUT2D eigenvalue weighted by molar-refractivity contribution is 0.320. The minimum Gasteiger partial charge on any atom is -0.490 e. The topological polar surface area (TPSA) is 71.4 Å². The highest BCUT2D eigenvalue weighted by Gasteiger charge is 2.00. The van der Waals surface area contributed by atoms with Crippen LogP contribution in [0.3, 0.4) is 0 Å². The van der Waals surface area contributed by atoms with E-state index in [2.05, 4.69) is 32.5 Å². The summed E-state index contributed by atoms with van der Waals surface area (Å²) < 4.78 is 5.59. The van der Waals surface area contributed by atoms with Gasteiger partial charge in [-0.05, 0) is 26.0 Å². The van der Waals surface area contributed by atoms with Crippen molar-refractivity contribution in [3.05, 3.63) is 40.6 Å². The molecule has 2 rings (SSSR count). The first-order valence-electron chi connectivity index (χ1n) is 7.74. The van der Waals surface area contributed by atoms with Crippen LogP contribution in [0, 0.1) is 6.92 Å². The van der Waals surface area contributed by atoms with E-state index in [1.807, 2.05) is 25.3 Å². The van der Waals surface area contributed by atoms with Gasteiger partial charge in [-0.3, -0.25) is 9.98 Å². The second-order valence-electron chi connectivity index (χ2n) is 4.84. The van der Waals surface area contributed by atoms with Gasteiger partial charge in [0.25, 0.3) is 0 Å². The predicted octanol–water partition coefficient (Wildman–Crippen LogP) is 2.02. The number of nitrogens with zero attached hydrogens (tertiary/aromatic N) is 3. The Morgan fingerprint density at radius 2 is 2.26 bits per heavy atom. The summed E-state index contributed by atoms with van der Waals surface area (Å²) in [4.78, 5) is 14.2. The average molecular weight is 333 g/mol. The summed E-state index contributed by atoms with van der Waals surface area (Å²) in [5.41, 5.74) is 0. The standard InChI is InChI=1S/C16H23N5OS/c1-3-18-16(19-8-6-15-21-11-13(2)23-15)20-9-10-22-14-5-4-7-17-12-14/h4-5,7,11-12H,3,6,8-10H2,1-2H3,(H2,18,19,20). The molecule has 0 bridgehead atoms. The van der Waals surface area contributed by atoms with Gasteiger partial charge in [-0.1, -0.05) is 0 Å². The first-order valence-corrected chi connectivity index (χ1v) is 8.56. The molecule has 2 aromatic rings. The number of guanidine groups is 1. The second kappa shape index (κ2) is 9.78. The highest BCUT2D eigenvalue weighted by molar-refractivity contribution is 7.11. The van der Waals surface area contributed by atoms with Crippen LogP contribution >= 0.6 is 11.3 Å². The maximum atomic E-state index is 5.59. The first-order chi connectivity index (χ1) is 11.3. The summed E-state index contributed by atoms with van der Waals surface area (Å²) in [6.45, 7) is 6.89. The van der Waals surface area contributed by atoms with Crippen LogP contribution in [0.2, 0.25) is 0 Å². The SMILES string of the molecule is CCNC(=NCCc1ncc(C)s1)NCCOc1cccnc1. The number of pyridine rings is 1. The van der Waals surface area contributed by atoms with E-state index < -0.39 is 0 Å². The molecule has 0 saturated carbocycles. The van der Waals surface area contributed by atoms with Crippen LogP contribution in [0.25, 0.3) is 0 Å². The molecule has 6 nitrogen and oxygen atoms in total. The molecular formula is C16H23N5OS. The molecule has 0 fully saturated rings. The van der Waals surface area contributed by atoms with E-state index in [0.29, 0.717) is 19.7 Å². The van der Waals surface area contributed by atoms with Crippen molar-refractivity contribution < 1.29 is 4.74 Å². The highest BCUT2D eigenvalue weighted by Crippen LogP contribution is 2.11. The number of thiazole rings is 1. The van der Waals surface area contributed by atoms with Crippen LogP contribution in [-0.4, -0.2) is 42.2 Å². The molecule has 2 N–H and O–H groups in total. The van der Waals surface area contributed by atoms with Crippen LogP contribution in [0.1, 0.15) is 16.8 Å². The van der Waals surface area contributed by atoms with Crippen LogP contribution < -0.4 is 15.4 Å². The fourth-order valence-corrected chi connectivity index (χ4v) is 2.67. The number of rotatable bonds is 8. The molecule has 0 saturated heterocycles. The van der Waals surface area contributed by atoms with Crippen molar-refractivity contribution in [2.24, 2.45) is 4.99 Å². The third-order valence-corrected chi connectivity index (χ3v) is 3.88. The zero-order chi connectivity index (χ0) is 16.3. The number of ether oxygens (including phenoxy) is 1. The molecule has 0 radical (unpaired) electrons. The van der Waals surface area contributed by atoms with Crippen molar-refractivity contribution in [2.75, 3.05) is 26.2 Å². The molecule has 0 amide bonds. The summed E-state index contributed by atoms with van der Waals surface area (Å²) in [5.74, 6) is 1.57. The minimum absolute atomic E-state index is 0.557. The molecule has 0 aromatic carbocycles. The van der Waals surface area contributed by atoms with Crippen LogP contribution in [0.15, 0.2) is 35.7 Å². The number of aromatic nitrogens is 2. The molecule has 0 unspecified atom stereocenters. The third kappa shape index (κ3) is 6.65. The molecule has 2 heterocycles. The lowest BCUT2D eigenvalue weighted by atomic mass is 10.4. The Hall–Kier alpha value is -2.15. The Kier molecular flexibility index (Phi) is 7.32. The maximum Gasteiger partial charge on any atom is 0.191 e. The number of aryl methyl sites for hydroxylation is 1. The van der Waals surface area contributed by atoms with Crippen molar-refractivity contribution >= 4 is 17.3 Å². The van der Waals surface area contributed by atoms with E-state index in [1.54, 1.807) is 23.7 Å². The molecule has 2 aromatic heterocycles. The van der Waals surface area contributed by atoms with Gasteiger partial charge in [0.2, 0.25) is 0 Å². The average Bonchev–Trinajstić information content (AvgIpc) is 2.98. The third-order valence-electron chi connectivity index (χ3n) is 2.91. The Morgan fingerprint density at radius 3 is 2.96 bits per heavy atom. The van der Waals surface area contributed by atoms with Gasteiger partial charge in [0.1, 0.15) is 12.4 Å². The van der Waals surface area contributed by atoms with Gasteiger partial charge in [0, 0.05) is 36.8 Å². The summed E-state index contributed by atoms with van der Waals surface area (Å²) in [6, 6.07) is 3.75. The number of aliphatic imine (C=N–C) groups is 1. The zero-order valence-electron chi connectivity index (χ0n) is 13.6. The summed E-state index contributed by atoms with van der Waals surface area (Å²) >= 11 is 1.72. The fraction of sp³-hybridized carbons (Fsp3) is 0.438. The van der Waals surface area contributed by atoms with Crippen LogP contribution in [-0.2, 0) is 6.42 Å². The fourth-order valence-electron chi connectivity index (χ4n) is 1.89. The van der Waals surface area contributed by atoms with Crippen molar-refractivity contribution in [2.45, 2.75) is 20.3 Å². The van der Waals surface area contributed by atoms with Crippen molar-refractivity contribution in [1.82, 2.24) is 20.6 Å². The van der Waals surface area contributed by atoms with Crippen molar-refractivity contribution in [3.63, 3.8) is 0 Å². The molecule has 7 heteroatoms. The lowest BCUT2D eigenvalue weighted by Gasteiger charge is -2.11. The zero-order valence-corrected chi connectivity index (χ0v) is 14.4. The quantitative estimate of drug-likeness (QED) is 0.439.